The van der Waals surface area contributed by atoms with Crippen LogP contribution < -0.4 is 11.1 Å². The Balaban J connectivity index is 2.04. The number of halogens is 1. The van der Waals surface area contributed by atoms with Crippen molar-refractivity contribution in [3.63, 3.8) is 0 Å². The molecule has 0 spiro atoms. The van der Waals surface area contributed by atoms with Crippen molar-refractivity contribution in [2.75, 3.05) is 6.54 Å². The third kappa shape index (κ3) is 2.95. The molecule has 1 atom stereocenters. The van der Waals surface area contributed by atoms with Crippen molar-refractivity contribution in [2.45, 2.75) is 38.6 Å². The number of rotatable bonds is 4. The highest BCUT2D eigenvalue weighted by Gasteiger charge is 2.40. The third-order valence-electron chi connectivity index (χ3n) is 4.15. The van der Waals surface area contributed by atoms with Crippen LogP contribution in [-0.2, 0) is 4.79 Å². The first-order valence-electron chi connectivity index (χ1n) is 6.84. The summed E-state index contributed by atoms with van der Waals surface area (Å²) >= 11 is 0. The third-order valence-corrected chi connectivity index (χ3v) is 4.15. The van der Waals surface area contributed by atoms with Crippen molar-refractivity contribution in [2.24, 2.45) is 11.1 Å². The molecule has 0 aromatic heterocycles. The van der Waals surface area contributed by atoms with Crippen molar-refractivity contribution in [1.82, 2.24) is 5.32 Å². The monoisotopic (exact) mass is 264 g/mol. The summed E-state index contributed by atoms with van der Waals surface area (Å²) in [6.07, 6.45) is 3.86. The van der Waals surface area contributed by atoms with Gasteiger partial charge >= 0.3 is 0 Å². The van der Waals surface area contributed by atoms with E-state index in [1.165, 1.54) is 12.1 Å². The SMILES string of the molecule is C[C@@H](NC(=O)C1(CN)CCCC1)c1ccc(F)cc1. The summed E-state index contributed by atoms with van der Waals surface area (Å²) in [5.41, 5.74) is 6.30. The Bertz CT molecular complexity index is 438. The molecule has 4 heteroatoms. The number of nitrogens with one attached hydrogen (secondary N) is 1. The number of benzene rings is 1. The van der Waals surface area contributed by atoms with E-state index in [9.17, 15) is 9.18 Å². The van der Waals surface area contributed by atoms with Crippen LogP contribution in [-0.4, -0.2) is 12.5 Å². The zero-order valence-electron chi connectivity index (χ0n) is 11.3. The van der Waals surface area contributed by atoms with E-state index in [-0.39, 0.29) is 17.8 Å². The molecule has 0 heterocycles. The number of carbonyl (C=O) groups is 1. The van der Waals surface area contributed by atoms with Crippen LogP contribution in [0, 0.1) is 11.2 Å². The largest absolute Gasteiger partial charge is 0.349 e. The lowest BCUT2D eigenvalue weighted by Crippen LogP contribution is -2.44. The number of carbonyl (C=O) groups excluding carboxylic acids is 1. The van der Waals surface area contributed by atoms with Gasteiger partial charge in [-0.15, -0.1) is 0 Å². The average Bonchev–Trinajstić information content (AvgIpc) is 2.89. The Morgan fingerprint density at radius 3 is 2.47 bits per heavy atom. The standard InChI is InChI=1S/C15H21FN2O/c1-11(12-4-6-13(16)7-5-12)18-14(19)15(10-17)8-2-3-9-15/h4-7,11H,2-3,8-10,17H2,1H3,(H,18,19)/t11-/m1/s1. The van der Waals surface area contributed by atoms with Gasteiger partial charge in [-0.25, -0.2) is 4.39 Å². The maximum atomic E-state index is 12.9. The topological polar surface area (TPSA) is 55.1 Å². The van der Waals surface area contributed by atoms with Gasteiger partial charge in [0.2, 0.25) is 5.91 Å². The summed E-state index contributed by atoms with van der Waals surface area (Å²) in [5, 5.41) is 3.01. The van der Waals surface area contributed by atoms with Gasteiger partial charge in [0.1, 0.15) is 5.82 Å². The van der Waals surface area contributed by atoms with Gasteiger partial charge in [-0.2, -0.15) is 0 Å². The Kier molecular flexibility index (Phi) is 4.20. The molecule has 2 rings (SSSR count). The fourth-order valence-electron chi connectivity index (χ4n) is 2.76. The predicted molar refractivity (Wildman–Crippen MR) is 72.9 cm³/mol. The summed E-state index contributed by atoms with van der Waals surface area (Å²) in [6.45, 7) is 2.30. The highest BCUT2D eigenvalue weighted by Crippen LogP contribution is 2.37. The normalized spacial score (nSPS) is 19.1. The molecule has 3 N–H and O–H groups in total. The molecule has 1 amide bonds. The van der Waals surface area contributed by atoms with E-state index in [1.54, 1.807) is 12.1 Å². The van der Waals surface area contributed by atoms with Crippen molar-refractivity contribution < 1.29 is 9.18 Å². The van der Waals surface area contributed by atoms with Gasteiger partial charge in [0.25, 0.3) is 0 Å². The second-order valence-electron chi connectivity index (χ2n) is 5.44. The predicted octanol–water partition coefficient (Wildman–Crippen LogP) is 2.52. The zero-order chi connectivity index (χ0) is 13.9. The molecule has 0 radical (unpaired) electrons. The highest BCUT2D eigenvalue weighted by molar-refractivity contribution is 5.83. The van der Waals surface area contributed by atoms with E-state index in [0.29, 0.717) is 6.54 Å². The molecule has 0 unspecified atom stereocenters. The Morgan fingerprint density at radius 1 is 1.37 bits per heavy atom. The van der Waals surface area contributed by atoms with Crippen molar-refractivity contribution in [1.29, 1.82) is 0 Å². The number of nitrogens with two attached hydrogens (primary N) is 1. The molecular weight excluding hydrogens is 243 g/mol. The summed E-state index contributed by atoms with van der Waals surface area (Å²) in [5.74, 6) is -0.235. The van der Waals surface area contributed by atoms with Gasteiger partial charge in [0, 0.05) is 6.54 Å². The maximum Gasteiger partial charge on any atom is 0.227 e. The van der Waals surface area contributed by atoms with Crippen LogP contribution in [0.5, 0.6) is 0 Å². The molecule has 1 aromatic carbocycles. The van der Waals surface area contributed by atoms with E-state index < -0.39 is 5.41 Å². The molecule has 1 aliphatic rings. The summed E-state index contributed by atoms with van der Waals surface area (Å²) < 4.78 is 12.9. The van der Waals surface area contributed by atoms with E-state index in [2.05, 4.69) is 5.32 Å². The first kappa shape index (κ1) is 14.0. The summed E-state index contributed by atoms with van der Waals surface area (Å²) in [6, 6.07) is 6.09. The first-order chi connectivity index (χ1) is 9.07. The van der Waals surface area contributed by atoms with Gasteiger partial charge in [-0.3, -0.25) is 4.79 Å². The first-order valence-corrected chi connectivity index (χ1v) is 6.84. The number of amides is 1. The number of hydrogen-bond acceptors (Lipinski definition) is 2. The minimum atomic E-state index is -0.395. The van der Waals surface area contributed by atoms with E-state index in [1.807, 2.05) is 6.92 Å². The molecule has 0 saturated heterocycles. The highest BCUT2D eigenvalue weighted by atomic mass is 19.1. The Morgan fingerprint density at radius 2 is 1.95 bits per heavy atom. The molecule has 1 aromatic rings. The second kappa shape index (κ2) is 5.70. The molecule has 3 nitrogen and oxygen atoms in total. The quantitative estimate of drug-likeness (QED) is 0.878. The van der Waals surface area contributed by atoms with Crippen molar-refractivity contribution in [3.05, 3.63) is 35.6 Å². The van der Waals surface area contributed by atoms with Gasteiger partial charge in [0.15, 0.2) is 0 Å². The molecular formula is C15H21FN2O. The fraction of sp³-hybridized carbons (Fsp3) is 0.533. The molecule has 104 valence electrons. The molecule has 1 aliphatic carbocycles. The van der Waals surface area contributed by atoms with Crippen LogP contribution >= 0.6 is 0 Å². The minimum absolute atomic E-state index is 0.0318. The van der Waals surface area contributed by atoms with E-state index >= 15 is 0 Å². The number of hydrogen-bond donors (Lipinski definition) is 2. The van der Waals surface area contributed by atoms with Crippen molar-refractivity contribution >= 4 is 5.91 Å². The van der Waals surface area contributed by atoms with Gasteiger partial charge in [-0.1, -0.05) is 25.0 Å². The summed E-state index contributed by atoms with van der Waals surface area (Å²) in [7, 11) is 0. The average molecular weight is 264 g/mol. The molecule has 0 aliphatic heterocycles. The van der Waals surface area contributed by atoms with Crippen LogP contribution in [0.25, 0.3) is 0 Å². The zero-order valence-corrected chi connectivity index (χ0v) is 11.3. The molecule has 1 saturated carbocycles. The lowest BCUT2D eigenvalue weighted by molar-refractivity contribution is -0.131. The van der Waals surface area contributed by atoms with Crippen molar-refractivity contribution in [3.8, 4) is 0 Å². The van der Waals surface area contributed by atoms with Gasteiger partial charge in [-0.05, 0) is 37.5 Å². The van der Waals surface area contributed by atoms with Crippen LogP contribution in [0.1, 0.15) is 44.2 Å². The second-order valence-corrected chi connectivity index (χ2v) is 5.44. The van der Waals surface area contributed by atoms with E-state index in [4.69, 9.17) is 5.73 Å². The molecule has 19 heavy (non-hydrogen) atoms. The lowest BCUT2D eigenvalue weighted by Gasteiger charge is -2.28. The van der Waals surface area contributed by atoms with Crippen LogP contribution in [0.15, 0.2) is 24.3 Å². The lowest BCUT2D eigenvalue weighted by atomic mass is 9.85. The smallest absolute Gasteiger partial charge is 0.227 e. The Hall–Kier alpha value is -1.42. The van der Waals surface area contributed by atoms with Gasteiger partial charge < -0.3 is 11.1 Å². The van der Waals surface area contributed by atoms with Crippen LogP contribution in [0.4, 0.5) is 4.39 Å². The molecule has 1 fully saturated rings. The minimum Gasteiger partial charge on any atom is -0.349 e. The van der Waals surface area contributed by atoms with Crippen LogP contribution in [0.2, 0.25) is 0 Å². The van der Waals surface area contributed by atoms with E-state index in [0.717, 1.165) is 31.2 Å². The van der Waals surface area contributed by atoms with Crippen LogP contribution in [0.3, 0.4) is 0 Å². The van der Waals surface area contributed by atoms with Gasteiger partial charge in [0.05, 0.1) is 11.5 Å². The summed E-state index contributed by atoms with van der Waals surface area (Å²) in [4.78, 5) is 12.4. The molecule has 0 bridgehead atoms. The maximum absolute atomic E-state index is 12.9. The fourth-order valence-corrected chi connectivity index (χ4v) is 2.76. The Labute approximate surface area is 113 Å².